The Morgan fingerprint density at radius 3 is 2.50 bits per heavy atom. The Morgan fingerprint density at radius 2 is 1.88 bits per heavy atom. The van der Waals surface area contributed by atoms with E-state index in [1.54, 1.807) is 18.2 Å². The lowest BCUT2D eigenvalue weighted by molar-refractivity contribution is -0.146. The van der Waals surface area contributed by atoms with Gasteiger partial charge < -0.3 is 4.57 Å². The third-order valence-corrected chi connectivity index (χ3v) is 2.90. The van der Waals surface area contributed by atoms with Crippen molar-refractivity contribution in [3.05, 3.63) is 36.0 Å². The molecule has 1 heterocycles. The van der Waals surface area contributed by atoms with Crippen molar-refractivity contribution in [1.82, 2.24) is 4.57 Å². The number of alkyl halides is 3. The topological polar surface area (TPSA) is 4.93 Å². The van der Waals surface area contributed by atoms with E-state index in [4.69, 9.17) is 0 Å². The van der Waals surface area contributed by atoms with Crippen molar-refractivity contribution < 1.29 is 13.2 Å². The first-order valence-corrected chi connectivity index (χ1v) is 5.01. The third kappa shape index (κ3) is 1.79. The summed E-state index contributed by atoms with van der Waals surface area (Å²) in [7, 11) is 1.87. The highest BCUT2D eigenvalue weighted by Gasteiger charge is 2.36. The van der Waals surface area contributed by atoms with Crippen LogP contribution in [0.5, 0.6) is 0 Å². The maximum atomic E-state index is 12.5. The van der Waals surface area contributed by atoms with Crippen LogP contribution in [0.3, 0.4) is 0 Å². The van der Waals surface area contributed by atoms with Gasteiger partial charge in [0.25, 0.3) is 0 Å². The zero-order chi connectivity index (χ0) is 11.9. The molecule has 2 aromatic rings. The van der Waals surface area contributed by atoms with E-state index in [1.807, 2.05) is 23.9 Å². The first-order chi connectivity index (χ1) is 7.39. The lowest BCUT2D eigenvalue weighted by atomic mass is 9.99. The molecular formula is C12H12F3N. The van der Waals surface area contributed by atoms with Gasteiger partial charge in [0.15, 0.2) is 0 Å². The number of nitrogens with zero attached hydrogens (tertiary/aromatic N) is 1. The minimum atomic E-state index is -4.18. The Hall–Kier alpha value is -1.45. The summed E-state index contributed by atoms with van der Waals surface area (Å²) < 4.78 is 39.5. The van der Waals surface area contributed by atoms with Gasteiger partial charge in [-0.25, -0.2) is 0 Å². The molecule has 1 aromatic carbocycles. The van der Waals surface area contributed by atoms with Gasteiger partial charge in [-0.15, -0.1) is 0 Å². The second-order valence-electron chi connectivity index (χ2n) is 4.01. The van der Waals surface area contributed by atoms with Gasteiger partial charge in [0.05, 0.1) is 5.92 Å². The summed E-state index contributed by atoms with van der Waals surface area (Å²) in [4.78, 5) is 0. The average molecular weight is 227 g/mol. The highest BCUT2D eigenvalue weighted by molar-refractivity contribution is 5.80. The van der Waals surface area contributed by atoms with Crippen molar-refractivity contribution in [3.8, 4) is 0 Å². The Morgan fingerprint density at radius 1 is 1.19 bits per heavy atom. The first-order valence-electron chi connectivity index (χ1n) is 5.01. The largest absolute Gasteiger partial charge is 0.395 e. The second-order valence-corrected chi connectivity index (χ2v) is 4.01. The Balaban J connectivity index is 2.47. The zero-order valence-electron chi connectivity index (χ0n) is 9.05. The fraction of sp³-hybridized carbons (Fsp3) is 0.333. The normalized spacial score (nSPS) is 14.3. The molecule has 2 rings (SSSR count). The molecule has 0 amide bonds. The van der Waals surface area contributed by atoms with Crippen LogP contribution >= 0.6 is 0 Å². The van der Waals surface area contributed by atoms with E-state index in [9.17, 15) is 13.2 Å². The van der Waals surface area contributed by atoms with E-state index in [0.29, 0.717) is 5.56 Å². The van der Waals surface area contributed by atoms with E-state index in [2.05, 4.69) is 0 Å². The summed E-state index contributed by atoms with van der Waals surface area (Å²) in [5, 5.41) is 0.844. The van der Waals surface area contributed by atoms with Gasteiger partial charge in [-0.1, -0.05) is 6.07 Å². The maximum Gasteiger partial charge on any atom is 0.395 e. The smallest absolute Gasteiger partial charge is 0.351 e. The highest BCUT2D eigenvalue weighted by Crippen LogP contribution is 2.35. The molecule has 0 aliphatic carbocycles. The standard InChI is InChI=1S/C12H12F3N/c1-8(12(13,14)15)9-3-4-11-10(7-9)5-6-16(11)2/h3-8H,1-2H3/t8-/m1/s1. The van der Waals surface area contributed by atoms with E-state index in [-0.39, 0.29) is 0 Å². The van der Waals surface area contributed by atoms with Crippen LogP contribution < -0.4 is 0 Å². The molecule has 16 heavy (non-hydrogen) atoms. The van der Waals surface area contributed by atoms with Gasteiger partial charge in [0.1, 0.15) is 0 Å². The van der Waals surface area contributed by atoms with Crippen molar-refractivity contribution >= 4 is 10.9 Å². The molecule has 1 nitrogen and oxygen atoms in total. The van der Waals surface area contributed by atoms with Crippen molar-refractivity contribution in [1.29, 1.82) is 0 Å². The summed E-state index contributed by atoms with van der Waals surface area (Å²) in [6.45, 7) is 1.18. The van der Waals surface area contributed by atoms with Crippen LogP contribution in [0.15, 0.2) is 30.5 Å². The van der Waals surface area contributed by atoms with Crippen LogP contribution in [0.4, 0.5) is 13.2 Å². The molecule has 0 unspecified atom stereocenters. The summed E-state index contributed by atoms with van der Waals surface area (Å²) in [6, 6.07) is 6.70. The maximum absolute atomic E-state index is 12.5. The molecule has 0 spiro atoms. The lowest BCUT2D eigenvalue weighted by Gasteiger charge is -2.15. The Labute approximate surface area is 91.5 Å². The third-order valence-electron chi connectivity index (χ3n) is 2.90. The highest BCUT2D eigenvalue weighted by atomic mass is 19.4. The predicted molar refractivity (Wildman–Crippen MR) is 57.4 cm³/mol. The molecule has 4 heteroatoms. The summed E-state index contributed by atoms with van der Waals surface area (Å²) in [5.74, 6) is -1.42. The number of aromatic nitrogens is 1. The molecule has 86 valence electrons. The minimum Gasteiger partial charge on any atom is -0.351 e. The Kier molecular flexibility index (Phi) is 2.45. The van der Waals surface area contributed by atoms with Gasteiger partial charge in [-0.05, 0) is 36.1 Å². The van der Waals surface area contributed by atoms with Gasteiger partial charge in [0.2, 0.25) is 0 Å². The van der Waals surface area contributed by atoms with Crippen LogP contribution in [0.1, 0.15) is 18.4 Å². The van der Waals surface area contributed by atoms with Gasteiger partial charge in [-0.3, -0.25) is 0 Å². The SMILES string of the molecule is C[C@H](c1ccc2c(ccn2C)c1)C(F)(F)F. The van der Waals surface area contributed by atoms with E-state index >= 15 is 0 Å². The molecule has 0 bridgehead atoms. The van der Waals surface area contributed by atoms with Crippen LogP contribution in [-0.2, 0) is 7.05 Å². The van der Waals surface area contributed by atoms with Crippen LogP contribution in [0.2, 0.25) is 0 Å². The number of hydrogen-bond donors (Lipinski definition) is 0. The van der Waals surface area contributed by atoms with Crippen molar-refractivity contribution in [3.63, 3.8) is 0 Å². The number of hydrogen-bond acceptors (Lipinski definition) is 0. The average Bonchev–Trinajstić information content (AvgIpc) is 2.57. The quantitative estimate of drug-likeness (QED) is 0.697. The molecule has 0 saturated carbocycles. The molecule has 0 radical (unpaired) electrons. The Bertz CT molecular complexity index is 510. The minimum absolute atomic E-state index is 0.311. The molecule has 0 aliphatic heterocycles. The number of rotatable bonds is 1. The van der Waals surface area contributed by atoms with Crippen molar-refractivity contribution in [2.75, 3.05) is 0 Å². The van der Waals surface area contributed by atoms with Gasteiger partial charge >= 0.3 is 6.18 Å². The second kappa shape index (κ2) is 3.54. The van der Waals surface area contributed by atoms with Gasteiger partial charge in [0, 0.05) is 18.8 Å². The molecule has 0 N–H and O–H groups in total. The summed E-state index contributed by atoms with van der Waals surface area (Å²) in [6.07, 6.45) is -2.34. The van der Waals surface area contributed by atoms with Crippen molar-refractivity contribution in [2.45, 2.75) is 19.0 Å². The predicted octanol–water partition coefficient (Wildman–Crippen LogP) is 3.84. The molecule has 0 aliphatic rings. The van der Waals surface area contributed by atoms with E-state index < -0.39 is 12.1 Å². The molecule has 1 aromatic heterocycles. The van der Waals surface area contributed by atoms with Gasteiger partial charge in [-0.2, -0.15) is 13.2 Å². The van der Waals surface area contributed by atoms with Crippen molar-refractivity contribution in [2.24, 2.45) is 7.05 Å². The summed E-state index contributed by atoms with van der Waals surface area (Å²) >= 11 is 0. The fourth-order valence-corrected chi connectivity index (χ4v) is 1.76. The monoisotopic (exact) mass is 227 g/mol. The summed E-state index contributed by atoms with van der Waals surface area (Å²) in [5.41, 5.74) is 1.25. The molecule has 0 fully saturated rings. The number of benzene rings is 1. The molecule has 0 saturated heterocycles. The fourth-order valence-electron chi connectivity index (χ4n) is 1.76. The molecular weight excluding hydrogens is 215 g/mol. The molecule has 1 atom stereocenters. The van der Waals surface area contributed by atoms with Crippen LogP contribution in [0, 0.1) is 0 Å². The van der Waals surface area contributed by atoms with E-state index in [1.165, 1.54) is 6.92 Å². The number of aryl methyl sites for hydroxylation is 1. The number of halogens is 3. The first kappa shape index (κ1) is 11.0. The van der Waals surface area contributed by atoms with Crippen LogP contribution in [0.25, 0.3) is 10.9 Å². The zero-order valence-corrected chi connectivity index (χ0v) is 9.05. The van der Waals surface area contributed by atoms with E-state index in [0.717, 1.165) is 10.9 Å². The van der Waals surface area contributed by atoms with Crippen LogP contribution in [-0.4, -0.2) is 10.7 Å². The lowest BCUT2D eigenvalue weighted by Crippen LogP contribution is -2.17. The number of fused-ring (bicyclic) bond motifs is 1.